The molecule has 0 atom stereocenters. The largest absolute Gasteiger partial charge is 0.290 e. The van der Waals surface area contributed by atoms with Crippen molar-refractivity contribution >= 4 is 10.2 Å². The van der Waals surface area contributed by atoms with Crippen molar-refractivity contribution in [2.45, 2.75) is 18.9 Å². The molecule has 8 heteroatoms. The van der Waals surface area contributed by atoms with Gasteiger partial charge in [-0.15, -0.1) is 0 Å². The molecule has 0 N–H and O–H groups in total. The van der Waals surface area contributed by atoms with Gasteiger partial charge in [0.25, 0.3) is 10.2 Å². The van der Waals surface area contributed by atoms with Crippen LogP contribution in [0.15, 0.2) is 48.5 Å². The maximum Gasteiger partial charge on any atom is 0.282 e. The molecule has 0 aliphatic carbocycles. The molecule has 29 heavy (non-hydrogen) atoms. The Kier molecular flexibility index (Phi) is 5.96. The maximum absolute atomic E-state index is 13.4. The highest BCUT2D eigenvalue weighted by molar-refractivity contribution is 7.86. The maximum atomic E-state index is 13.4. The highest BCUT2D eigenvalue weighted by Crippen LogP contribution is 2.31. The van der Waals surface area contributed by atoms with Crippen LogP contribution in [0.2, 0.25) is 0 Å². The average molecular weight is 422 g/mol. The summed E-state index contributed by atoms with van der Waals surface area (Å²) in [6, 6.07) is 12.4. The first-order valence-electron chi connectivity index (χ1n) is 9.95. The monoisotopic (exact) mass is 421 g/mol. The zero-order chi connectivity index (χ0) is 20.4. The summed E-state index contributed by atoms with van der Waals surface area (Å²) in [5.41, 5.74) is 1.79. The summed E-state index contributed by atoms with van der Waals surface area (Å²) in [6.07, 6.45) is 1.83. The lowest BCUT2D eigenvalue weighted by Gasteiger charge is -2.40. The summed E-state index contributed by atoms with van der Waals surface area (Å²) in [5, 5.41) is 0. The minimum atomic E-state index is -3.41. The number of hydrogen-bond acceptors (Lipinski definition) is 3. The van der Waals surface area contributed by atoms with Crippen molar-refractivity contribution in [3.8, 4) is 0 Å². The average Bonchev–Trinajstić information content (AvgIpc) is 3.27. The molecule has 5 nitrogen and oxygen atoms in total. The number of nitrogens with zero attached hydrogens (tertiary/aromatic N) is 3. The Labute approximate surface area is 170 Å². The Balaban J connectivity index is 1.55. The number of halogens is 2. The third kappa shape index (κ3) is 4.35. The summed E-state index contributed by atoms with van der Waals surface area (Å²) in [5.74, 6) is -0.624. The van der Waals surface area contributed by atoms with E-state index in [0.717, 1.165) is 24.0 Å². The van der Waals surface area contributed by atoms with E-state index >= 15 is 0 Å². The zero-order valence-corrected chi connectivity index (χ0v) is 17.0. The van der Waals surface area contributed by atoms with Crippen LogP contribution in [0.1, 0.15) is 30.0 Å². The molecule has 2 fully saturated rings. The second-order valence-electron chi connectivity index (χ2n) is 7.55. The van der Waals surface area contributed by atoms with E-state index in [1.54, 1.807) is 32.9 Å². The van der Waals surface area contributed by atoms with E-state index in [-0.39, 0.29) is 17.7 Å². The molecular weight excluding hydrogens is 396 g/mol. The molecule has 2 aromatic carbocycles. The van der Waals surface area contributed by atoms with Gasteiger partial charge >= 0.3 is 0 Å². The molecule has 0 amide bonds. The Morgan fingerprint density at radius 2 is 1.07 bits per heavy atom. The van der Waals surface area contributed by atoms with Crippen molar-refractivity contribution in [3.05, 3.63) is 71.3 Å². The fraction of sp³-hybridized carbons (Fsp3) is 0.429. The van der Waals surface area contributed by atoms with Gasteiger partial charge < -0.3 is 0 Å². The second kappa shape index (κ2) is 8.47. The minimum absolute atomic E-state index is 0.187. The van der Waals surface area contributed by atoms with Gasteiger partial charge in [-0.3, -0.25) is 4.90 Å². The first-order chi connectivity index (χ1) is 13.9. The molecule has 2 aliphatic rings. The third-order valence-corrected chi connectivity index (χ3v) is 7.76. The lowest BCUT2D eigenvalue weighted by Crippen LogP contribution is -2.53. The summed E-state index contributed by atoms with van der Waals surface area (Å²) in [4.78, 5) is 2.18. The van der Waals surface area contributed by atoms with Gasteiger partial charge in [0, 0.05) is 39.3 Å². The van der Waals surface area contributed by atoms with Crippen LogP contribution in [-0.2, 0) is 10.2 Å². The van der Waals surface area contributed by atoms with E-state index in [9.17, 15) is 17.2 Å². The normalized spacial score (nSPS) is 19.8. The SMILES string of the molecule is O=S(=O)(N1CCCC1)N1CCN(C(c2ccc(F)cc2)c2ccc(F)cc2)CC1. The number of rotatable bonds is 5. The minimum Gasteiger partial charge on any atom is -0.290 e. The van der Waals surface area contributed by atoms with E-state index < -0.39 is 10.2 Å². The predicted octanol–water partition coefficient (Wildman–Crippen LogP) is 3.01. The first-order valence-corrected chi connectivity index (χ1v) is 11.3. The molecule has 2 heterocycles. The lowest BCUT2D eigenvalue weighted by atomic mass is 9.96. The molecule has 156 valence electrons. The van der Waals surface area contributed by atoms with Gasteiger partial charge in [0.05, 0.1) is 6.04 Å². The second-order valence-corrected chi connectivity index (χ2v) is 9.48. The van der Waals surface area contributed by atoms with Crippen molar-refractivity contribution in [2.24, 2.45) is 0 Å². The molecule has 0 radical (unpaired) electrons. The number of hydrogen-bond donors (Lipinski definition) is 0. The van der Waals surface area contributed by atoms with Gasteiger partial charge in [0.1, 0.15) is 11.6 Å². The quantitative estimate of drug-likeness (QED) is 0.746. The fourth-order valence-electron chi connectivity index (χ4n) is 4.18. The molecule has 2 aromatic rings. The van der Waals surface area contributed by atoms with E-state index in [0.29, 0.717) is 39.3 Å². The fourth-order valence-corrected chi connectivity index (χ4v) is 5.85. The molecule has 0 unspecified atom stereocenters. The molecule has 4 rings (SSSR count). The summed E-state index contributed by atoms with van der Waals surface area (Å²) in [6.45, 7) is 3.08. The van der Waals surface area contributed by atoms with Crippen molar-refractivity contribution in [2.75, 3.05) is 39.3 Å². The Bertz CT molecular complexity index is 876. The molecule has 0 spiro atoms. The highest BCUT2D eigenvalue weighted by Gasteiger charge is 2.35. The smallest absolute Gasteiger partial charge is 0.282 e. The molecule has 0 aromatic heterocycles. The molecule has 0 bridgehead atoms. The summed E-state index contributed by atoms with van der Waals surface area (Å²) < 4.78 is 55.7. The molecule has 2 aliphatic heterocycles. The van der Waals surface area contributed by atoms with Crippen LogP contribution in [-0.4, -0.2) is 61.2 Å². The Hall–Kier alpha value is -1.87. The van der Waals surface area contributed by atoms with Gasteiger partial charge in [0.2, 0.25) is 0 Å². The molecule has 0 saturated carbocycles. The predicted molar refractivity (Wildman–Crippen MR) is 108 cm³/mol. The van der Waals surface area contributed by atoms with Crippen molar-refractivity contribution in [1.82, 2.24) is 13.5 Å². The van der Waals surface area contributed by atoms with Gasteiger partial charge in [-0.05, 0) is 48.2 Å². The number of benzene rings is 2. The Morgan fingerprint density at radius 1 is 0.655 bits per heavy atom. The van der Waals surface area contributed by atoms with Crippen LogP contribution < -0.4 is 0 Å². The van der Waals surface area contributed by atoms with Crippen molar-refractivity contribution in [1.29, 1.82) is 0 Å². The van der Waals surface area contributed by atoms with Crippen LogP contribution in [0, 0.1) is 11.6 Å². The van der Waals surface area contributed by atoms with E-state index in [4.69, 9.17) is 0 Å². The summed E-state index contributed by atoms with van der Waals surface area (Å²) in [7, 11) is -3.41. The zero-order valence-electron chi connectivity index (χ0n) is 16.2. The highest BCUT2D eigenvalue weighted by atomic mass is 32.2. The molecular formula is C21H25F2N3O2S. The van der Waals surface area contributed by atoms with Gasteiger partial charge in [-0.2, -0.15) is 17.0 Å². The lowest BCUT2D eigenvalue weighted by molar-refractivity contribution is 0.151. The van der Waals surface area contributed by atoms with Crippen LogP contribution in [0.3, 0.4) is 0 Å². The van der Waals surface area contributed by atoms with Gasteiger partial charge in [-0.1, -0.05) is 24.3 Å². The van der Waals surface area contributed by atoms with Crippen molar-refractivity contribution < 1.29 is 17.2 Å². The summed E-state index contributed by atoms with van der Waals surface area (Å²) >= 11 is 0. The van der Waals surface area contributed by atoms with E-state index in [2.05, 4.69) is 4.90 Å². The van der Waals surface area contributed by atoms with Gasteiger partial charge in [0.15, 0.2) is 0 Å². The van der Waals surface area contributed by atoms with Crippen molar-refractivity contribution in [3.63, 3.8) is 0 Å². The number of piperazine rings is 1. The van der Waals surface area contributed by atoms with E-state index in [1.165, 1.54) is 24.3 Å². The van der Waals surface area contributed by atoms with Crippen LogP contribution in [0.5, 0.6) is 0 Å². The standard InChI is InChI=1S/C21H25F2N3O2S/c22-19-7-3-17(4-8-19)21(18-5-9-20(23)10-6-18)24-13-15-26(16-14-24)29(27,28)25-11-1-2-12-25/h3-10,21H,1-2,11-16H2. The first kappa shape index (κ1) is 20.4. The van der Waals surface area contributed by atoms with Crippen LogP contribution in [0.25, 0.3) is 0 Å². The van der Waals surface area contributed by atoms with Crippen LogP contribution >= 0.6 is 0 Å². The topological polar surface area (TPSA) is 43.9 Å². The Morgan fingerprint density at radius 3 is 1.52 bits per heavy atom. The third-order valence-electron chi connectivity index (χ3n) is 5.73. The molecule has 2 saturated heterocycles. The van der Waals surface area contributed by atoms with Gasteiger partial charge in [-0.25, -0.2) is 8.78 Å². The van der Waals surface area contributed by atoms with E-state index in [1.807, 2.05) is 0 Å². The van der Waals surface area contributed by atoms with Crippen LogP contribution in [0.4, 0.5) is 8.78 Å².